The lowest BCUT2D eigenvalue weighted by Gasteiger charge is -2.08. The number of unbranched alkanes of at least 4 members (excludes halogenated alkanes) is 1. The van der Waals surface area contributed by atoms with Crippen molar-refractivity contribution in [3.8, 4) is 0 Å². The quantitative estimate of drug-likeness (QED) is 0.690. The van der Waals surface area contributed by atoms with Gasteiger partial charge in [0.1, 0.15) is 0 Å². The van der Waals surface area contributed by atoms with Crippen LogP contribution in [0.2, 0.25) is 0 Å². The molecule has 110 valence electrons. The SMILES string of the molecule is CCCCC1=CCC(c2c(C)[nH]c3c2C(=C(C)C)C=C3)=C1. The van der Waals surface area contributed by atoms with Gasteiger partial charge in [-0.3, -0.25) is 0 Å². The smallest absolute Gasteiger partial charge is 0.0468 e. The number of rotatable bonds is 4. The van der Waals surface area contributed by atoms with Crippen molar-refractivity contribution in [2.75, 3.05) is 0 Å². The van der Waals surface area contributed by atoms with Crippen LogP contribution in [0.1, 0.15) is 69.0 Å². The molecule has 1 nitrogen and oxygen atoms in total. The van der Waals surface area contributed by atoms with Crippen LogP contribution in [0.5, 0.6) is 0 Å². The van der Waals surface area contributed by atoms with E-state index in [4.69, 9.17) is 0 Å². The summed E-state index contributed by atoms with van der Waals surface area (Å²) in [5, 5.41) is 0. The lowest BCUT2D eigenvalue weighted by molar-refractivity contribution is 0.798. The molecule has 3 rings (SSSR count). The van der Waals surface area contributed by atoms with E-state index in [-0.39, 0.29) is 0 Å². The predicted octanol–water partition coefficient (Wildman–Crippen LogP) is 6.05. The summed E-state index contributed by atoms with van der Waals surface area (Å²) in [5.41, 5.74) is 11.2. The van der Waals surface area contributed by atoms with Gasteiger partial charge in [-0.1, -0.05) is 42.7 Å². The predicted molar refractivity (Wildman–Crippen MR) is 93.0 cm³/mol. The number of aryl methyl sites for hydroxylation is 1. The van der Waals surface area contributed by atoms with Crippen molar-refractivity contribution < 1.29 is 0 Å². The number of H-pyrrole nitrogens is 1. The van der Waals surface area contributed by atoms with Gasteiger partial charge in [0.2, 0.25) is 0 Å². The summed E-state index contributed by atoms with van der Waals surface area (Å²) >= 11 is 0. The van der Waals surface area contributed by atoms with Gasteiger partial charge in [-0.05, 0) is 57.3 Å². The highest BCUT2D eigenvalue weighted by Gasteiger charge is 2.24. The number of aromatic nitrogens is 1. The number of hydrogen-bond acceptors (Lipinski definition) is 0. The van der Waals surface area contributed by atoms with Crippen LogP contribution in [0.3, 0.4) is 0 Å². The molecule has 1 heteroatoms. The zero-order chi connectivity index (χ0) is 15.0. The van der Waals surface area contributed by atoms with Crippen LogP contribution < -0.4 is 0 Å². The fraction of sp³-hybridized carbons (Fsp3) is 0.400. The largest absolute Gasteiger partial charge is 0.358 e. The second-order valence-electron chi connectivity index (χ2n) is 6.42. The van der Waals surface area contributed by atoms with E-state index < -0.39 is 0 Å². The first-order valence-electron chi connectivity index (χ1n) is 8.10. The number of fused-ring (bicyclic) bond motifs is 1. The highest BCUT2D eigenvalue weighted by atomic mass is 14.7. The van der Waals surface area contributed by atoms with Crippen LogP contribution >= 0.6 is 0 Å². The first kappa shape index (κ1) is 14.2. The van der Waals surface area contributed by atoms with Crippen LogP contribution in [0.25, 0.3) is 17.2 Å². The third-order valence-electron chi connectivity index (χ3n) is 4.53. The molecule has 2 aliphatic rings. The van der Waals surface area contributed by atoms with E-state index in [0.29, 0.717) is 0 Å². The van der Waals surface area contributed by atoms with Gasteiger partial charge in [0.15, 0.2) is 0 Å². The summed E-state index contributed by atoms with van der Waals surface area (Å²) in [7, 11) is 0. The van der Waals surface area contributed by atoms with Crippen molar-refractivity contribution in [3.05, 3.63) is 51.9 Å². The zero-order valence-corrected chi connectivity index (χ0v) is 13.6. The van der Waals surface area contributed by atoms with Gasteiger partial charge in [-0.2, -0.15) is 0 Å². The fourth-order valence-corrected chi connectivity index (χ4v) is 3.43. The van der Waals surface area contributed by atoms with Gasteiger partial charge >= 0.3 is 0 Å². The van der Waals surface area contributed by atoms with Crippen molar-refractivity contribution in [2.24, 2.45) is 0 Å². The minimum atomic E-state index is 1.08. The Morgan fingerprint density at radius 1 is 1.19 bits per heavy atom. The van der Waals surface area contributed by atoms with E-state index in [1.54, 1.807) is 0 Å². The Bertz CT molecular complexity index is 686. The van der Waals surface area contributed by atoms with Crippen molar-refractivity contribution in [1.29, 1.82) is 0 Å². The molecule has 0 aromatic carbocycles. The molecule has 21 heavy (non-hydrogen) atoms. The Hall–Kier alpha value is -1.76. The van der Waals surface area contributed by atoms with Gasteiger partial charge < -0.3 is 4.98 Å². The first-order chi connectivity index (χ1) is 10.1. The molecule has 0 fully saturated rings. The molecule has 1 aromatic heterocycles. The van der Waals surface area contributed by atoms with Gasteiger partial charge in [-0.15, -0.1) is 0 Å². The normalized spacial score (nSPS) is 16.3. The van der Waals surface area contributed by atoms with Gasteiger partial charge in [-0.25, -0.2) is 0 Å². The summed E-state index contributed by atoms with van der Waals surface area (Å²) in [6.45, 7) is 8.87. The molecule has 0 aliphatic heterocycles. The second-order valence-corrected chi connectivity index (χ2v) is 6.42. The summed E-state index contributed by atoms with van der Waals surface area (Å²) in [5.74, 6) is 0. The third kappa shape index (κ3) is 2.46. The first-order valence-corrected chi connectivity index (χ1v) is 8.10. The monoisotopic (exact) mass is 279 g/mol. The molecule has 0 unspecified atom stereocenters. The number of aromatic amines is 1. The van der Waals surface area contributed by atoms with Crippen molar-refractivity contribution in [2.45, 2.75) is 53.4 Å². The Kier molecular flexibility index (Phi) is 3.75. The average molecular weight is 279 g/mol. The van der Waals surface area contributed by atoms with E-state index in [2.05, 4.69) is 57.0 Å². The van der Waals surface area contributed by atoms with E-state index in [1.807, 2.05) is 0 Å². The molecule has 0 spiro atoms. The fourth-order valence-electron chi connectivity index (χ4n) is 3.43. The Labute approximate surface area is 128 Å². The van der Waals surface area contributed by atoms with Crippen molar-refractivity contribution >= 4 is 17.2 Å². The molecular weight excluding hydrogens is 254 g/mol. The number of hydrogen-bond donors (Lipinski definition) is 1. The van der Waals surface area contributed by atoms with Crippen LogP contribution in [-0.4, -0.2) is 4.98 Å². The Morgan fingerprint density at radius 3 is 2.71 bits per heavy atom. The average Bonchev–Trinajstić information content (AvgIpc) is 3.10. The minimum Gasteiger partial charge on any atom is -0.358 e. The Morgan fingerprint density at radius 2 is 2.00 bits per heavy atom. The highest BCUT2D eigenvalue weighted by molar-refractivity contribution is 5.97. The van der Waals surface area contributed by atoms with Crippen LogP contribution in [0, 0.1) is 6.92 Å². The van der Waals surface area contributed by atoms with Crippen molar-refractivity contribution in [1.82, 2.24) is 4.98 Å². The molecule has 0 saturated carbocycles. The topological polar surface area (TPSA) is 15.8 Å². The molecule has 0 radical (unpaired) electrons. The van der Waals surface area contributed by atoms with E-state index in [0.717, 1.165) is 6.42 Å². The highest BCUT2D eigenvalue weighted by Crippen LogP contribution is 2.42. The maximum Gasteiger partial charge on any atom is 0.0468 e. The maximum absolute atomic E-state index is 3.56. The lowest BCUT2D eigenvalue weighted by atomic mass is 9.95. The standard InChI is InChI=1S/C20H25N/c1-5-6-7-15-8-9-16(12-15)19-14(4)21-18-11-10-17(13(2)3)20(18)19/h8,10-12,21H,5-7,9H2,1-4H3. The molecule has 1 aromatic rings. The summed E-state index contributed by atoms with van der Waals surface area (Å²) in [4.78, 5) is 3.56. The second kappa shape index (κ2) is 5.55. The number of allylic oxidation sites excluding steroid dienone is 7. The molecule has 1 heterocycles. The summed E-state index contributed by atoms with van der Waals surface area (Å²) < 4.78 is 0. The lowest BCUT2D eigenvalue weighted by Crippen LogP contribution is -1.89. The zero-order valence-electron chi connectivity index (χ0n) is 13.6. The van der Waals surface area contributed by atoms with Crippen molar-refractivity contribution in [3.63, 3.8) is 0 Å². The van der Waals surface area contributed by atoms with Gasteiger partial charge in [0.25, 0.3) is 0 Å². The van der Waals surface area contributed by atoms with Crippen LogP contribution in [0.4, 0.5) is 0 Å². The van der Waals surface area contributed by atoms with Gasteiger partial charge in [0.05, 0.1) is 0 Å². The maximum atomic E-state index is 3.56. The third-order valence-corrected chi connectivity index (χ3v) is 4.53. The van der Waals surface area contributed by atoms with Crippen LogP contribution in [0.15, 0.2) is 29.4 Å². The van der Waals surface area contributed by atoms with E-state index >= 15 is 0 Å². The molecule has 1 N–H and O–H groups in total. The molecule has 0 saturated heterocycles. The molecule has 0 atom stereocenters. The van der Waals surface area contributed by atoms with E-state index in [1.165, 1.54) is 64.1 Å². The molecule has 0 amide bonds. The number of nitrogens with one attached hydrogen (secondary N) is 1. The van der Waals surface area contributed by atoms with E-state index in [9.17, 15) is 0 Å². The van der Waals surface area contributed by atoms with Gasteiger partial charge in [0, 0.05) is 22.5 Å². The minimum absolute atomic E-state index is 1.08. The van der Waals surface area contributed by atoms with Crippen LogP contribution in [-0.2, 0) is 0 Å². The molecular formula is C20H25N. The summed E-state index contributed by atoms with van der Waals surface area (Å²) in [6, 6.07) is 0. The molecule has 2 aliphatic carbocycles. The Balaban J connectivity index is 1.98. The summed E-state index contributed by atoms with van der Waals surface area (Å²) in [6.07, 6.45) is 14.2. The molecule has 0 bridgehead atoms.